The molecule has 1 aromatic heterocycles. The molecule has 0 radical (unpaired) electrons. The molecule has 2 aliphatic rings. The van der Waals surface area contributed by atoms with Gasteiger partial charge in [0, 0.05) is 58.0 Å². The van der Waals surface area contributed by atoms with Gasteiger partial charge in [-0.25, -0.2) is 4.39 Å². The summed E-state index contributed by atoms with van der Waals surface area (Å²) < 4.78 is 24.4. The summed E-state index contributed by atoms with van der Waals surface area (Å²) in [6, 6.07) is 10.4. The van der Waals surface area contributed by atoms with Gasteiger partial charge < -0.3 is 19.0 Å². The Bertz CT molecular complexity index is 783. The molecule has 1 amide bonds. The number of piperazine rings is 1. The van der Waals surface area contributed by atoms with Gasteiger partial charge in [0.25, 0.3) is 0 Å². The zero-order valence-electron chi connectivity index (χ0n) is 17.3. The van der Waals surface area contributed by atoms with Gasteiger partial charge in [-0.2, -0.15) is 0 Å². The molecule has 3 heterocycles. The third-order valence-corrected chi connectivity index (χ3v) is 5.91. The molecule has 1 aromatic carbocycles. The lowest BCUT2D eigenvalue weighted by Gasteiger charge is -2.36. The quantitative estimate of drug-likeness (QED) is 0.663. The van der Waals surface area contributed by atoms with E-state index in [1.165, 1.54) is 12.1 Å². The highest BCUT2D eigenvalue weighted by Crippen LogP contribution is 2.18. The maximum Gasteiger partial charge on any atom is 0.223 e. The number of ether oxygens (including phenoxy) is 1. The van der Waals surface area contributed by atoms with E-state index in [2.05, 4.69) is 9.80 Å². The molecule has 0 aliphatic carbocycles. The Kier molecular flexibility index (Phi) is 7.02. The van der Waals surface area contributed by atoms with Gasteiger partial charge in [0.15, 0.2) is 0 Å². The number of hydrogen-bond donors (Lipinski definition) is 0. The maximum absolute atomic E-state index is 13.1. The molecule has 0 saturated carbocycles. The lowest BCUT2D eigenvalue weighted by molar-refractivity contribution is -0.132. The number of carbonyl (C=O) groups is 1. The molecule has 0 bridgehead atoms. The fourth-order valence-electron chi connectivity index (χ4n) is 4.21. The molecular weight excluding hydrogens is 385 g/mol. The van der Waals surface area contributed by atoms with E-state index in [1.54, 1.807) is 18.4 Å². The molecule has 1 atom stereocenters. The van der Waals surface area contributed by atoms with Gasteiger partial charge >= 0.3 is 0 Å². The highest BCUT2D eigenvalue weighted by molar-refractivity contribution is 5.76. The van der Waals surface area contributed by atoms with Crippen molar-refractivity contribution in [3.8, 4) is 0 Å². The maximum atomic E-state index is 13.1. The first kappa shape index (κ1) is 20.9. The second-order valence-corrected chi connectivity index (χ2v) is 8.04. The summed E-state index contributed by atoms with van der Waals surface area (Å²) in [7, 11) is 0. The highest BCUT2D eigenvalue weighted by atomic mass is 19.1. The predicted octanol–water partition coefficient (Wildman–Crippen LogP) is 3.14. The van der Waals surface area contributed by atoms with Crippen LogP contribution in [-0.4, -0.2) is 67.7 Å². The standard InChI is InChI=1S/C23H30FN3O3/c24-19-5-7-20(8-6-19)26-11-13-27(14-12-26)23(28)9-10-25(17-21-3-1-15-29-21)18-22-4-2-16-30-22/h1,3,5-8,15,22H,2,4,9-14,16-18H2. The average Bonchev–Trinajstić information content (AvgIpc) is 3.47. The van der Waals surface area contributed by atoms with Crippen LogP contribution in [0, 0.1) is 5.82 Å². The van der Waals surface area contributed by atoms with E-state index in [-0.39, 0.29) is 17.8 Å². The zero-order valence-corrected chi connectivity index (χ0v) is 17.3. The molecule has 2 aromatic rings. The monoisotopic (exact) mass is 415 g/mol. The molecule has 1 unspecified atom stereocenters. The Morgan fingerprint density at radius 1 is 1.13 bits per heavy atom. The largest absolute Gasteiger partial charge is 0.468 e. The molecule has 162 valence electrons. The Hall–Kier alpha value is -2.38. The summed E-state index contributed by atoms with van der Waals surface area (Å²) in [5.41, 5.74) is 1.00. The summed E-state index contributed by atoms with van der Waals surface area (Å²) in [4.78, 5) is 19.2. The number of hydrogen-bond acceptors (Lipinski definition) is 5. The molecular formula is C23H30FN3O3. The molecule has 30 heavy (non-hydrogen) atoms. The van der Waals surface area contributed by atoms with E-state index in [9.17, 15) is 9.18 Å². The zero-order chi connectivity index (χ0) is 20.8. The van der Waals surface area contributed by atoms with Crippen LogP contribution in [-0.2, 0) is 16.1 Å². The third kappa shape index (κ3) is 5.61. The van der Waals surface area contributed by atoms with Gasteiger partial charge in [0.05, 0.1) is 18.9 Å². The van der Waals surface area contributed by atoms with Gasteiger partial charge in [0.1, 0.15) is 11.6 Å². The van der Waals surface area contributed by atoms with Crippen LogP contribution >= 0.6 is 0 Å². The fraction of sp³-hybridized carbons (Fsp3) is 0.522. The Balaban J connectivity index is 1.26. The van der Waals surface area contributed by atoms with Gasteiger partial charge in [-0.1, -0.05) is 0 Å². The number of anilines is 1. The van der Waals surface area contributed by atoms with Crippen molar-refractivity contribution in [2.45, 2.75) is 31.9 Å². The van der Waals surface area contributed by atoms with Crippen LogP contribution in [0.1, 0.15) is 25.0 Å². The van der Waals surface area contributed by atoms with Crippen LogP contribution in [0.3, 0.4) is 0 Å². The normalized spacial score (nSPS) is 19.6. The fourth-order valence-corrected chi connectivity index (χ4v) is 4.21. The molecule has 2 aliphatic heterocycles. The molecule has 2 saturated heterocycles. The van der Waals surface area contributed by atoms with Crippen molar-refractivity contribution in [1.29, 1.82) is 0 Å². The first-order chi connectivity index (χ1) is 14.7. The summed E-state index contributed by atoms with van der Waals surface area (Å²) in [6.07, 6.45) is 4.61. The lowest BCUT2D eigenvalue weighted by atomic mass is 10.2. The van der Waals surface area contributed by atoms with E-state index in [0.717, 1.165) is 50.5 Å². The van der Waals surface area contributed by atoms with Gasteiger partial charge in [-0.05, 0) is 49.2 Å². The van der Waals surface area contributed by atoms with Crippen molar-refractivity contribution >= 4 is 11.6 Å². The summed E-state index contributed by atoms with van der Waals surface area (Å²) in [5.74, 6) is 0.869. The van der Waals surface area contributed by atoms with Crippen LogP contribution in [0.2, 0.25) is 0 Å². The van der Waals surface area contributed by atoms with Crippen molar-refractivity contribution in [1.82, 2.24) is 9.80 Å². The Morgan fingerprint density at radius 2 is 1.93 bits per heavy atom. The molecule has 6 nitrogen and oxygen atoms in total. The molecule has 4 rings (SSSR count). The van der Waals surface area contributed by atoms with E-state index in [0.29, 0.717) is 32.6 Å². The van der Waals surface area contributed by atoms with E-state index in [1.807, 2.05) is 17.0 Å². The van der Waals surface area contributed by atoms with Crippen LogP contribution in [0.15, 0.2) is 47.1 Å². The minimum atomic E-state index is -0.227. The highest BCUT2D eigenvalue weighted by Gasteiger charge is 2.24. The van der Waals surface area contributed by atoms with Crippen molar-refractivity contribution < 1.29 is 18.3 Å². The van der Waals surface area contributed by atoms with Crippen LogP contribution in [0.5, 0.6) is 0 Å². The third-order valence-electron chi connectivity index (χ3n) is 5.91. The van der Waals surface area contributed by atoms with Gasteiger partial charge in [-0.3, -0.25) is 9.69 Å². The second-order valence-electron chi connectivity index (χ2n) is 8.04. The minimum absolute atomic E-state index is 0.186. The summed E-state index contributed by atoms with van der Waals surface area (Å²) in [5, 5.41) is 0. The first-order valence-electron chi connectivity index (χ1n) is 10.8. The van der Waals surface area contributed by atoms with Crippen LogP contribution in [0.4, 0.5) is 10.1 Å². The minimum Gasteiger partial charge on any atom is -0.468 e. The average molecular weight is 416 g/mol. The van der Waals surface area contributed by atoms with Gasteiger partial charge in [0.2, 0.25) is 5.91 Å². The number of furan rings is 1. The number of benzene rings is 1. The van der Waals surface area contributed by atoms with E-state index in [4.69, 9.17) is 9.15 Å². The molecule has 7 heteroatoms. The smallest absolute Gasteiger partial charge is 0.223 e. The Morgan fingerprint density at radius 3 is 2.60 bits per heavy atom. The van der Waals surface area contributed by atoms with Crippen molar-refractivity contribution in [2.75, 3.05) is 50.8 Å². The van der Waals surface area contributed by atoms with E-state index < -0.39 is 0 Å². The molecule has 0 N–H and O–H groups in total. The van der Waals surface area contributed by atoms with E-state index >= 15 is 0 Å². The van der Waals surface area contributed by atoms with Crippen LogP contribution < -0.4 is 4.90 Å². The molecule has 0 spiro atoms. The lowest BCUT2D eigenvalue weighted by Crippen LogP contribution is -2.49. The SMILES string of the molecule is O=C(CCN(Cc1ccco1)CC1CCCO1)N1CCN(c2ccc(F)cc2)CC1. The molecule has 2 fully saturated rings. The number of rotatable bonds is 8. The predicted molar refractivity (Wildman–Crippen MR) is 113 cm³/mol. The number of halogens is 1. The number of amides is 1. The van der Waals surface area contributed by atoms with Crippen LogP contribution in [0.25, 0.3) is 0 Å². The summed E-state index contributed by atoms with van der Waals surface area (Å²) in [6.45, 7) is 5.96. The van der Waals surface area contributed by atoms with Crippen molar-refractivity contribution in [3.05, 3.63) is 54.2 Å². The number of nitrogens with zero attached hydrogens (tertiary/aromatic N) is 3. The second kappa shape index (κ2) is 10.1. The van der Waals surface area contributed by atoms with Crippen molar-refractivity contribution in [3.63, 3.8) is 0 Å². The van der Waals surface area contributed by atoms with Crippen molar-refractivity contribution in [2.24, 2.45) is 0 Å². The summed E-state index contributed by atoms with van der Waals surface area (Å²) >= 11 is 0. The Labute approximate surface area is 177 Å². The first-order valence-corrected chi connectivity index (χ1v) is 10.8. The topological polar surface area (TPSA) is 49.2 Å². The number of carbonyl (C=O) groups excluding carboxylic acids is 1. The van der Waals surface area contributed by atoms with Gasteiger partial charge in [-0.15, -0.1) is 0 Å².